The molecule has 0 aliphatic carbocycles. The Morgan fingerprint density at radius 3 is 2.79 bits per heavy atom. The fourth-order valence-electron chi connectivity index (χ4n) is 3.71. The summed E-state index contributed by atoms with van der Waals surface area (Å²) < 4.78 is 35.5. The third-order valence-corrected chi connectivity index (χ3v) is 6.32. The zero-order valence-corrected chi connectivity index (χ0v) is 19.9. The summed E-state index contributed by atoms with van der Waals surface area (Å²) in [6.45, 7) is 3.75. The first-order chi connectivity index (χ1) is 16.3. The van der Waals surface area contributed by atoms with Crippen molar-refractivity contribution in [3.63, 3.8) is 0 Å². The number of benzene rings is 2. The third-order valence-electron chi connectivity index (χ3n) is 5.35. The zero-order valence-electron chi connectivity index (χ0n) is 19.1. The quantitative estimate of drug-likeness (QED) is 0.337. The highest BCUT2D eigenvalue weighted by atomic mass is 32.2. The summed E-state index contributed by atoms with van der Waals surface area (Å²) in [4.78, 5) is 8.68. The average molecular weight is 485 g/mol. The summed E-state index contributed by atoms with van der Waals surface area (Å²) in [6, 6.07) is 11.1. The number of nitrogens with zero attached hydrogens (tertiary/aromatic N) is 2. The van der Waals surface area contributed by atoms with Gasteiger partial charge in [0.1, 0.15) is 16.5 Å². The molecule has 180 valence electrons. The highest BCUT2D eigenvalue weighted by Gasteiger charge is 2.26. The molecule has 1 aliphatic heterocycles. The van der Waals surface area contributed by atoms with Crippen molar-refractivity contribution in [3.8, 4) is 5.75 Å². The molecule has 0 radical (unpaired) electrons. The van der Waals surface area contributed by atoms with Gasteiger partial charge in [0, 0.05) is 31.2 Å². The van der Waals surface area contributed by atoms with Crippen LogP contribution in [0.25, 0.3) is 0 Å². The van der Waals surface area contributed by atoms with Crippen LogP contribution < -0.4 is 25.8 Å². The molecule has 0 fully saturated rings. The van der Waals surface area contributed by atoms with Crippen LogP contribution in [0.4, 0.5) is 28.8 Å². The largest absolute Gasteiger partial charge is 0.492 e. The SMILES string of the molecule is COCCNc1cc(Nc2nccc(Nc3ccc4c(c3S(N)(=O)=O)OCCC4)n2)ccc1C. The normalized spacial score (nSPS) is 13.0. The molecule has 1 aromatic heterocycles. The number of nitrogens with two attached hydrogens (primary N) is 1. The lowest BCUT2D eigenvalue weighted by atomic mass is 10.1. The molecule has 34 heavy (non-hydrogen) atoms. The Kier molecular flexibility index (Phi) is 7.15. The predicted octanol–water partition coefficient (Wildman–Crippen LogP) is 3.30. The van der Waals surface area contributed by atoms with Gasteiger partial charge >= 0.3 is 0 Å². The second kappa shape index (κ2) is 10.2. The smallest absolute Gasteiger partial charge is 0.243 e. The third kappa shape index (κ3) is 5.56. The van der Waals surface area contributed by atoms with Gasteiger partial charge in [0.25, 0.3) is 0 Å². The summed E-state index contributed by atoms with van der Waals surface area (Å²) in [5.41, 5.74) is 3.99. The van der Waals surface area contributed by atoms with Crippen molar-refractivity contribution in [1.29, 1.82) is 0 Å². The highest BCUT2D eigenvalue weighted by molar-refractivity contribution is 7.89. The van der Waals surface area contributed by atoms with Crippen molar-refractivity contribution < 1.29 is 17.9 Å². The molecular weight excluding hydrogens is 456 g/mol. The van der Waals surface area contributed by atoms with Gasteiger partial charge in [0.15, 0.2) is 0 Å². The van der Waals surface area contributed by atoms with E-state index in [1.54, 1.807) is 25.4 Å². The van der Waals surface area contributed by atoms with Crippen LogP contribution in [-0.2, 0) is 21.2 Å². The van der Waals surface area contributed by atoms with Crippen molar-refractivity contribution >= 4 is 38.9 Å². The van der Waals surface area contributed by atoms with E-state index in [1.807, 2.05) is 31.2 Å². The summed E-state index contributed by atoms with van der Waals surface area (Å²) in [7, 11) is -2.37. The molecule has 0 amide bonds. The fraction of sp³-hybridized carbons (Fsp3) is 0.304. The minimum absolute atomic E-state index is 0.0665. The van der Waals surface area contributed by atoms with Crippen LogP contribution in [0.1, 0.15) is 17.5 Å². The molecule has 0 unspecified atom stereocenters. The molecule has 10 nitrogen and oxygen atoms in total. The van der Waals surface area contributed by atoms with Crippen LogP contribution in [0.5, 0.6) is 5.75 Å². The van der Waals surface area contributed by atoms with E-state index < -0.39 is 10.0 Å². The van der Waals surface area contributed by atoms with E-state index in [4.69, 9.17) is 14.6 Å². The van der Waals surface area contributed by atoms with Gasteiger partial charge in [0.2, 0.25) is 16.0 Å². The summed E-state index contributed by atoms with van der Waals surface area (Å²) >= 11 is 0. The van der Waals surface area contributed by atoms with E-state index >= 15 is 0 Å². The molecule has 5 N–H and O–H groups in total. The first-order valence-corrected chi connectivity index (χ1v) is 12.4. The number of aromatic nitrogens is 2. The number of aryl methyl sites for hydroxylation is 2. The number of nitrogens with one attached hydrogen (secondary N) is 3. The first kappa shape index (κ1) is 23.7. The van der Waals surface area contributed by atoms with Crippen LogP contribution in [0.3, 0.4) is 0 Å². The summed E-state index contributed by atoms with van der Waals surface area (Å²) in [6.07, 6.45) is 3.14. The number of ether oxygens (including phenoxy) is 2. The Bertz CT molecular complexity index is 1280. The molecule has 3 aromatic rings. The van der Waals surface area contributed by atoms with E-state index in [1.165, 1.54) is 0 Å². The molecule has 0 saturated heterocycles. The molecule has 0 spiro atoms. The molecule has 0 bridgehead atoms. The van der Waals surface area contributed by atoms with Crippen LogP contribution in [-0.4, -0.2) is 45.3 Å². The number of primary sulfonamides is 1. The van der Waals surface area contributed by atoms with Crippen molar-refractivity contribution in [2.45, 2.75) is 24.7 Å². The molecule has 2 heterocycles. The molecular formula is C23H28N6O4S. The lowest BCUT2D eigenvalue weighted by molar-refractivity contribution is 0.211. The van der Waals surface area contributed by atoms with Crippen molar-refractivity contribution in [3.05, 3.63) is 53.7 Å². The van der Waals surface area contributed by atoms with Gasteiger partial charge in [-0.3, -0.25) is 0 Å². The van der Waals surface area contributed by atoms with Crippen LogP contribution in [0.2, 0.25) is 0 Å². The standard InChI is InChI=1S/C23H28N6O4S/c1-15-5-7-17(14-19(15)25-11-13-32-2)27-23-26-10-9-20(29-23)28-18-8-6-16-4-3-12-33-21(16)22(18)34(24,30)31/h5-10,14,25H,3-4,11-13H2,1-2H3,(H2,24,30,31)(H2,26,27,28,29). The molecule has 0 saturated carbocycles. The molecule has 0 atom stereocenters. The number of hydrogen-bond donors (Lipinski definition) is 4. The van der Waals surface area contributed by atoms with Gasteiger partial charge in [-0.25, -0.2) is 18.5 Å². The van der Waals surface area contributed by atoms with Gasteiger partial charge in [-0.2, -0.15) is 4.98 Å². The van der Waals surface area contributed by atoms with Gasteiger partial charge in [-0.15, -0.1) is 0 Å². The maximum Gasteiger partial charge on any atom is 0.243 e. The Balaban J connectivity index is 1.57. The first-order valence-electron chi connectivity index (χ1n) is 10.9. The maximum absolute atomic E-state index is 12.4. The fourth-order valence-corrected chi connectivity index (χ4v) is 4.58. The number of hydrogen-bond acceptors (Lipinski definition) is 9. The summed E-state index contributed by atoms with van der Waals surface area (Å²) in [5, 5.41) is 15.1. The van der Waals surface area contributed by atoms with Crippen LogP contribution >= 0.6 is 0 Å². The number of anilines is 5. The Morgan fingerprint density at radius 1 is 1.15 bits per heavy atom. The van der Waals surface area contributed by atoms with Gasteiger partial charge in [-0.1, -0.05) is 12.1 Å². The molecule has 1 aliphatic rings. The summed E-state index contributed by atoms with van der Waals surface area (Å²) in [5.74, 6) is 1.06. The van der Waals surface area contributed by atoms with E-state index in [2.05, 4.69) is 25.9 Å². The van der Waals surface area contributed by atoms with Crippen LogP contribution in [0.15, 0.2) is 47.5 Å². The van der Waals surface area contributed by atoms with Gasteiger partial charge in [-0.05, 0) is 55.2 Å². The van der Waals surface area contributed by atoms with Crippen molar-refractivity contribution in [2.75, 3.05) is 42.8 Å². The minimum atomic E-state index is -4.03. The van der Waals surface area contributed by atoms with E-state index in [0.717, 1.165) is 35.3 Å². The second-order valence-electron chi connectivity index (χ2n) is 7.89. The molecule has 11 heteroatoms. The van der Waals surface area contributed by atoms with Gasteiger partial charge < -0.3 is 25.4 Å². The highest BCUT2D eigenvalue weighted by Crippen LogP contribution is 2.38. The Hall–Kier alpha value is -3.41. The topological polar surface area (TPSA) is 140 Å². The van der Waals surface area contributed by atoms with E-state index in [0.29, 0.717) is 43.0 Å². The van der Waals surface area contributed by atoms with E-state index in [9.17, 15) is 8.42 Å². The molecule has 2 aromatic carbocycles. The maximum atomic E-state index is 12.4. The number of fused-ring (bicyclic) bond motifs is 1. The number of rotatable bonds is 9. The monoisotopic (exact) mass is 484 g/mol. The Labute approximate surface area is 199 Å². The van der Waals surface area contributed by atoms with Gasteiger partial charge in [0.05, 0.1) is 18.9 Å². The second-order valence-corrected chi connectivity index (χ2v) is 9.39. The predicted molar refractivity (Wildman–Crippen MR) is 132 cm³/mol. The Morgan fingerprint density at radius 2 is 2.00 bits per heavy atom. The van der Waals surface area contributed by atoms with Crippen molar-refractivity contribution in [1.82, 2.24) is 9.97 Å². The number of sulfonamides is 1. The zero-order chi connectivity index (χ0) is 24.1. The lowest BCUT2D eigenvalue weighted by Gasteiger charge is -2.22. The lowest BCUT2D eigenvalue weighted by Crippen LogP contribution is -2.19. The molecule has 4 rings (SSSR count). The minimum Gasteiger partial charge on any atom is -0.492 e. The van der Waals surface area contributed by atoms with Crippen LogP contribution in [0, 0.1) is 6.92 Å². The van der Waals surface area contributed by atoms with Crippen molar-refractivity contribution in [2.24, 2.45) is 5.14 Å². The number of methoxy groups -OCH3 is 1. The average Bonchev–Trinajstić information content (AvgIpc) is 2.80. The van der Waals surface area contributed by atoms with E-state index in [-0.39, 0.29) is 4.90 Å².